The van der Waals surface area contributed by atoms with Crippen LogP contribution in [0, 0.1) is 5.92 Å². The quantitative estimate of drug-likeness (QED) is 0.819. The van der Waals surface area contributed by atoms with Gasteiger partial charge in [-0.15, -0.1) is 0 Å². The molecule has 96 valence electrons. The third-order valence-electron chi connectivity index (χ3n) is 2.66. The number of sulfonamides is 1. The molecule has 0 radical (unpaired) electrons. The molecule has 0 saturated carbocycles. The molecule has 1 aromatic heterocycles. The van der Waals surface area contributed by atoms with Gasteiger partial charge in [0.2, 0.25) is 10.0 Å². The Balaban J connectivity index is 2.89. The van der Waals surface area contributed by atoms with E-state index in [-0.39, 0.29) is 16.9 Å². The molecule has 6 heteroatoms. The molecule has 0 aliphatic carbocycles. The van der Waals surface area contributed by atoms with Crippen LogP contribution in [0.15, 0.2) is 23.2 Å². The van der Waals surface area contributed by atoms with Crippen LogP contribution in [0.25, 0.3) is 0 Å². The van der Waals surface area contributed by atoms with Crippen LogP contribution in [0.5, 0.6) is 0 Å². The van der Waals surface area contributed by atoms with Crippen molar-refractivity contribution < 1.29 is 8.42 Å². The van der Waals surface area contributed by atoms with Crippen molar-refractivity contribution >= 4 is 10.0 Å². The topological polar surface area (TPSA) is 85.1 Å². The van der Waals surface area contributed by atoms with Crippen LogP contribution in [0.4, 0.5) is 0 Å². The van der Waals surface area contributed by atoms with Gasteiger partial charge in [0.05, 0.1) is 5.69 Å². The first-order chi connectivity index (χ1) is 7.86. The second-order valence-electron chi connectivity index (χ2n) is 4.34. The molecule has 1 unspecified atom stereocenters. The molecule has 5 nitrogen and oxygen atoms in total. The zero-order valence-corrected chi connectivity index (χ0v) is 11.2. The van der Waals surface area contributed by atoms with E-state index in [2.05, 4.69) is 9.71 Å². The van der Waals surface area contributed by atoms with Crippen molar-refractivity contribution in [2.45, 2.75) is 38.3 Å². The SMILES string of the molecule is CC(C)C(C)NS(=O)(=O)c1ccc(CN)nc1. The van der Waals surface area contributed by atoms with Crippen LogP contribution in [0.2, 0.25) is 0 Å². The molecule has 17 heavy (non-hydrogen) atoms. The summed E-state index contributed by atoms with van der Waals surface area (Å²) in [5.41, 5.74) is 6.07. The number of nitrogens with one attached hydrogen (secondary N) is 1. The molecule has 1 atom stereocenters. The number of aromatic nitrogens is 1. The number of pyridine rings is 1. The molecule has 0 aromatic carbocycles. The zero-order chi connectivity index (χ0) is 13.1. The van der Waals surface area contributed by atoms with Gasteiger partial charge in [-0.1, -0.05) is 13.8 Å². The molecular formula is C11H19N3O2S. The highest BCUT2D eigenvalue weighted by atomic mass is 32.2. The number of hydrogen-bond acceptors (Lipinski definition) is 4. The van der Waals surface area contributed by atoms with E-state index in [4.69, 9.17) is 5.73 Å². The van der Waals surface area contributed by atoms with E-state index in [9.17, 15) is 8.42 Å². The van der Waals surface area contributed by atoms with Crippen molar-refractivity contribution in [2.24, 2.45) is 11.7 Å². The first kappa shape index (κ1) is 14.1. The number of nitrogens with two attached hydrogens (primary N) is 1. The van der Waals surface area contributed by atoms with Gasteiger partial charge < -0.3 is 5.73 Å². The van der Waals surface area contributed by atoms with Crippen molar-refractivity contribution in [3.63, 3.8) is 0 Å². The van der Waals surface area contributed by atoms with Crippen LogP contribution in [0.3, 0.4) is 0 Å². The lowest BCUT2D eigenvalue weighted by molar-refractivity contribution is 0.476. The molecule has 0 aliphatic rings. The van der Waals surface area contributed by atoms with Crippen molar-refractivity contribution in [1.82, 2.24) is 9.71 Å². The van der Waals surface area contributed by atoms with Gasteiger partial charge in [0, 0.05) is 18.8 Å². The zero-order valence-electron chi connectivity index (χ0n) is 10.3. The summed E-state index contributed by atoms with van der Waals surface area (Å²) in [5, 5.41) is 0. The molecule has 1 aromatic rings. The molecule has 0 amide bonds. The maximum Gasteiger partial charge on any atom is 0.242 e. The second-order valence-corrected chi connectivity index (χ2v) is 6.06. The third-order valence-corrected chi connectivity index (χ3v) is 4.20. The lowest BCUT2D eigenvalue weighted by Crippen LogP contribution is -2.36. The minimum Gasteiger partial charge on any atom is -0.325 e. The Hall–Kier alpha value is -0.980. The Morgan fingerprint density at radius 3 is 2.41 bits per heavy atom. The van der Waals surface area contributed by atoms with Crippen molar-refractivity contribution in [3.05, 3.63) is 24.0 Å². The molecule has 0 bridgehead atoms. The third kappa shape index (κ3) is 3.76. The molecule has 3 N–H and O–H groups in total. The molecule has 0 aliphatic heterocycles. The molecule has 1 heterocycles. The second kappa shape index (κ2) is 5.57. The Labute approximate surface area is 102 Å². The first-order valence-corrected chi connectivity index (χ1v) is 7.02. The predicted octanol–water partition coefficient (Wildman–Crippen LogP) is 0.863. The summed E-state index contributed by atoms with van der Waals surface area (Å²) in [7, 11) is -3.48. The average molecular weight is 257 g/mol. The Bertz CT molecular complexity index is 454. The Morgan fingerprint density at radius 2 is 2.00 bits per heavy atom. The lowest BCUT2D eigenvalue weighted by atomic mass is 10.1. The summed E-state index contributed by atoms with van der Waals surface area (Å²) in [5.74, 6) is 0.237. The normalized spacial score (nSPS) is 13.9. The van der Waals surface area contributed by atoms with Crippen LogP contribution >= 0.6 is 0 Å². The van der Waals surface area contributed by atoms with Gasteiger partial charge >= 0.3 is 0 Å². The van der Waals surface area contributed by atoms with E-state index in [1.54, 1.807) is 6.07 Å². The van der Waals surface area contributed by atoms with Crippen LogP contribution in [-0.2, 0) is 16.6 Å². The Kier molecular flexibility index (Phi) is 4.62. The largest absolute Gasteiger partial charge is 0.325 e. The van der Waals surface area contributed by atoms with Gasteiger partial charge in [-0.05, 0) is 25.0 Å². The van der Waals surface area contributed by atoms with E-state index in [1.165, 1.54) is 12.3 Å². The van der Waals surface area contributed by atoms with Gasteiger partial charge in [0.1, 0.15) is 4.90 Å². The molecular weight excluding hydrogens is 238 g/mol. The monoisotopic (exact) mass is 257 g/mol. The van der Waals surface area contributed by atoms with E-state index < -0.39 is 10.0 Å². The van der Waals surface area contributed by atoms with Gasteiger partial charge in [0.15, 0.2) is 0 Å². The summed E-state index contributed by atoms with van der Waals surface area (Å²) in [6.07, 6.45) is 1.33. The molecule has 0 saturated heterocycles. The van der Waals surface area contributed by atoms with Gasteiger partial charge in [-0.3, -0.25) is 4.98 Å². The van der Waals surface area contributed by atoms with Gasteiger partial charge in [-0.2, -0.15) is 0 Å². The number of nitrogens with zero attached hydrogens (tertiary/aromatic N) is 1. The average Bonchev–Trinajstić information content (AvgIpc) is 2.28. The van der Waals surface area contributed by atoms with Gasteiger partial charge in [0.25, 0.3) is 0 Å². The lowest BCUT2D eigenvalue weighted by Gasteiger charge is -2.17. The standard InChI is InChI=1S/C11H19N3O2S/c1-8(2)9(3)14-17(15,16)11-5-4-10(6-12)13-7-11/h4-5,7-9,14H,6,12H2,1-3H3. The maximum absolute atomic E-state index is 12.0. The molecule has 1 rings (SSSR count). The van der Waals surface area contributed by atoms with E-state index >= 15 is 0 Å². The van der Waals surface area contributed by atoms with Crippen molar-refractivity contribution in [3.8, 4) is 0 Å². The highest BCUT2D eigenvalue weighted by Gasteiger charge is 2.19. The minimum atomic E-state index is -3.48. The number of hydrogen-bond donors (Lipinski definition) is 2. The predicted molar refractivity (Wildman–Crippen MR) is 66.7 cm³/mol. The van der Waals surface area contributed by atoms with Gasteiger partial charge in [-0.25, -0.2) is 13.1 Å². The van der Waals surface area contributed by atoms with Crippen molar-refractivity contribution in [1.29, 1.82) is 0 Å². The van der Waals surface area contributed by atoms with Crippen LogP contribution < -0.4 is 10.5 Å². The van der Waals surface area contributed by atoms with Crippen molar-refractivity contribution in [2.75, 3.05) is 0 Å². The summed E-state index contributed by atoms with van der Waals surface area (Å²) in [4.78, 5) is 4.14. The molecule has 0 spiro atoms. The maximum atomic E-state index is 12.0. The minimum absolute atomic E-state index is 0.116. The summed E-state index contributed by atoms with van der Waals surface area (Å²) in [6, 6.07) is 3.02. The smallest absolute Gasteiger partial charge is 0.242 e. The highest BCUT2D eigenvalue weighted by molar-refractivity contribution is 7.89. The fourth-order valence-corrected chi connectivity index (χ4v) is 2.48. The summed E-state index contributed by atoms with van der Waals surface area (Å²) in [6.45, 7) is 6.06. The fourth-order valence-electron chi connectivity index (χ4n) is 1.14. The van der Waals surface area contributed by atoms with E-state index in [0.717, 1.165) is 0 Å². The molecule has 0 fully saturated rings. The summed E-state index contributed by atoms with van der Waals surface area (Å²) < 4.78 is 26.5. The Morgan fingerprint density at radius 1 is 1.35 bits per heavy atom. The van der Waals surface area contributed by atoms with E-state index in [0.29, 0.717) is 12.2 Å². The number of rotatable bonds is 5. The van der Waals surface area contributed by atoms with E-state index in [1.807, 2.05) is 20.8 Å². The fraction of sp³-hybridized carbons (Fsp3) is 0.545. The highest BCUT2D eigenvalue weighted by Crippen LogP contribution is 2.10. The van der Waals surface area contributed by atoms with Crippen LogP contribution in [0.1, 0.15) is 26.5 Å². The summed E-state index contributed by atoms with van der Waals surface area (Å²) >= 11 is 0. The first-order valence-electron chi connectivity index (χ1n) is 5.54. The van der Waals surface area contributed by atoms with Crippen LogP contribution in [-0.4, -0.2) is 19.4 Å².